The van der Waals surface area contributed by atoms with Crippen molar-refractivity contribution in [2.45, 2.75) is 13.0 Å². The van der Waals surface area contributed by atoms with Gasteiger partial charge in [0.05, 0.1) is 11.6 Å². The number of carbonyl (C=O) groups is 1. The molecule has 1 amide bonds. The van der Waals surface area contributed by atoms with Gasteiger partial charge in [-0.25, -0.2) is 4.39 Å². The second kappa shape index (κ2) is 5.97. The molecule has 2 N–H and O–H groups in total. The maximum absolute atomic E-state index is 13.4. The first-order valence-electron chi connectivity index (χ1n) is 5.21. The third kappa shape index (κ3) is 3.54. The molecular formula is C12H14FN3O. The van der Waals surface area contributed by atoms with Crippen molar-refractivity contribution in [3.05, 3.63) is 35.1 Å². The van der Waals surface area contributed by atoms with E-state index in [-0.39, 0.29) is 25.4 Å². The van der Waals surface area contributed by atoms with E-state index in [9.17, 15) is 9.18 Å². The van der Waals surface area contributed by atoms with Gasteiger partial charge in [0.2, 0.25) is 5.91 Å². The lowest BCUT2D eigenvalue weighted by atomic mass is 10.1. The first-order chi connectivity index (χ1) is 8.08. The van der Waals surface area contributed by atoms with Crippen LogP contribution in [0.25, 0.3) is 0 Å². The Morgan fingerprint density at radius 1 is 1.59 bits per heavy atom. The number of nitrogens with two attached hydrogens (primary N) is 1. The fourth-order valence-corrected chi connectivity index (χ4v) is 1.42. The lowest BCUT2D eigenvalue weighted by Crippen LogP contribution is -2.28. The Hall–Kier alpha value is -1.93. The van der Waals surface area contributed by atoms with Crippen molar-refractivity contribution in [1.82, 2.24) is 4.90 Å². The second-order valence-corrected chi connectivity index (χ2v) is 3.71. The van der Waals surface area contributed by atoms with E-state index < -0.39 is 5.82 Å². The number of benzene rings is 1. The van der Waals surface area contributed by atoms with Gasteiger partial charge in [-0.1, -0.05) is 0 Å². The summed E-state index contributed by atoms with van der Waals surface area (Å²) in [5.41, 5.74) is 5.98. The fourth-order valence-electron chi connectivity index (χ4n) is 1.42. The summed E-state index contributed by atoms with van der Waals surface area (Å²) >= 11 is 0. The molecule has 0 aromatic heterocycles. The fraction of sp³-hybridized carbons (Fsp3) is 0.333. The van der Waals surface area contributed by atoms with Crippen LogP contribution in [-0.4, -0.2) is 24.4 Å². The topological polar surface area (TPSA) is 70.1 Å². The van der Waals surface area contributed by atoms with Gasteiger partial charge in [0, 0.05) is 32.1 Å². The molecule has 17 heavy (non-hydrogen) atoms. The summed E-state index contributed by atoms with van der Waals surface area (Å²) in [5.74, 6) is -0.564. The Bertz CT molecular complexity index is 454. The number of halogens is 1. The van der Waals surface area contributed by atoms with Gasteiger partial charge < -0.3 is 10.6 Å². The van der Waals surface area contributed by atoms with E-state index in [0.29, 0.717) is 11.1 Å². The van der Waals surface area contributed by atoms with Gasteiger partial charge in [0.15, 0.2) is 0 Å². The molecule has 1 aromatic carbocycles. The van der Waals surface area contributed by atoms with E-state index in [0.717, 1.165) is 0 Å². The molecule has 5 heteroatoms. The molecule has 0 aliphatic rings. The van der Waals surface area contributed by atoms with Gasteiger partial charge in [-0.15, -0.1) is 0 Å². The molecule has 0 heterocycles. The molecule has 0 bridgehead atoms. The van der Waals surface area contributed by atoms with E-state index in [4.69, 9.17) is 11.0 Å². The minimum Gasteiger partial charge on any atom is -0.341 e. The Kier molecular flexibility index (Phi) is 4.61. The molecule has 4 nitrogen and oxygen atoms in total. The van der Waals surface area contributed by atoms with Crippen LogP contribution in [0.4, 0.5) is 4.39 Å². The van der Waals surface area contributed by atoms with Crippen LogP contribution in [0, 0.1) is 17.1 Å². The number of nitriles is 1. The molecule has 0 aliphatic heterocycles. The predicted octanol–water partition coefficient (Wildman–Crippen LogP) is 1.00. The summed E-state index contributed by atoms with van der Waals surface area (Å²) < 4.78 is 13.4. The highest BCUT2D eigenvalue weighted by molar-refractivity contribution is 5.76. The Balaban J connectivity index is 2.81. The van der Waals surface area contributed by atoms with Gasteiger partial charge in [-0.3, -0.25) is 4.79 Å². The lowest BCUT2D eigenvalue weighted by molar-refractivity contribution is -0.130. The standard InChI is InChI=1S/C12H14FN3O/c1-16(12(17)4-5-14)8-10-6-9(7-15)2-3-11(10)13/h2-3,6H,4-5,8,14H2,1H3. The highest BCUT2D eigenvalue weighted by Crippen LogP contribution is 2.12. The molecule has 0 aliphatic carbocycles. The van der Waals surface area contributed by atoms with Crippen molar-refractivity contribution in [3.63, 3.8) is 0 Å². The molecule has 0 radical (unpaired) electrons. The Morgan fingerprint density at radius 2 is 2.29 bits per heavy atom. The first kappa shape index (κ1) is 13.1. The number of hydrogen-bond acceptors (Lipinski definition) is 3. The van der Waals surface area contributed by atoms with Crippen LogP contribution < -0.4 is 5.73 Å². The monoisotopic (exact) mass is 235 g/mol. The average molecular weight is 235 g/mol. The number of hydrogen-bond donors (Lipinski definition) is 1. The number of rotatable bonds is 4. The second-order valence-electron chi connectivity index (χ2n) is 3.71. The summed E-state index contributed by atoms with van der Waals surface area (Å²) in [6.45, 7) is 0.407. The van der Waals surface area contributed by atoms with E-state index in [2.05, 4.69) is 0 Å². The quantitative estimate of drug-likeness (QED) is 0.846. The minimum absolute atomic E-state index is 0.139. The third-order valence-electron chi connectivity index (χ3n) is 2.37. The largest absolute Gasteiger partial charge is 0.341 e. The third-order valence-corrected chi connectivity index (χ3v) is 2.37. The lowest BCUT2D eigenvalue weighted by Gasteiger charge is -2.17. The number of carbonyl (C=O) groups excluding carboxylic acids is 1. The summed E-state index contributed by atoms with van der Waals surface area (Å²) in [4.78, 5) is 12.9. The zero-order chi connectivity index (χ0) is 12.8. The van der Waals surface area contributed by atoms with Crippen LogP contribution in [-0.2, 0) is 11.3 Å². The zero-order valence-electron chi connectivity index (χ0n) is 9.61. The summed E-state index contributed by atoms with van der Waals surface area (Å²) in [6, 6.07) is 6.01. The van der Waals surface area contributed by atoms with Crippen molar-refractivity contribution >= 4 is 5.91 Å². The van der Waals surface area contributed by atoms with Crippen LogP contribution in [0.15, 0.2) is 18.2 Å². The Morgan fingerprint density at radius 3 is 2.88 bits per heavy atom. The van der Waals surface area contributed by atoms with Gasteiger partial charge in [-0.2, -0.15) is 5.26 Å². The molecule has 0 fully saturated rings. The molecule has 1 aromatic rings. The maximum atomic E-state index is 13.4. The molecule has 0 unspecified atom stereocenters. The summed E-state index contributed by atoms with van der Waals surface area (Å²) in [6.07, 6.45) is 0.232. The van der Waals surface area contributed by atoms with Crippen molar-refractivity contribution in [2.75, 3.05) is 13.6 Å². The van der Waals surface area contributed by atoms with Crippen molar-refractivity contribution in [3.8, 4) is 6.07 Å². The van der Waals surface area contributed by atoms with Crippen molar-refractivity contribution in [1.29, 1.82) is 5.26 Å². The SMILES string of the molecule is CN(Cc1cc(C#N)ccc1F)C(=O)CCN. The van der Waals surface area contributed by atoms with Gasteiger partial charge in [0.1, 0.15) is 5.82 Å². The first-order valence-corrected chi connectivity index (χ1v) is 5.21. The van der Waals surface area contributed by atoms with Crippen LogP contribution in [0.2, 0.25) is 0 Å². The van der Waals surface area contributed by atoms with Gasteiger partial charge in [-0.05, 0) is 18.2 Å². The Labute approximate surface area is 99.4 Å². The zero-order valence-corrected chi connectivity index (χ0v) is 9.61. The van der Waals surface area contributed by atoms with E-state index in [1.807, 2.05) is 6.07 Å². The molecule has 0 spiro atoms. The van der Waals surface area contributed by atoms with Crippen LogP contribution >= 0.6 is 0 Å². The van der Waals surface area contributed by atoms with Crippen LogP contribution in [0.3, 0.4) is 0 Å². The molecule has 0 atom stereocenters. The maximum Gasteiger partial charge on any atom is 0.223 e. The molecular weight excluding hydrogens is 221 g/mol. The van der Waals surface area contributed by atoms with E-state index >= 15 is 0 Å². The summed E-state index contributed by atoms with van der Waals surface area (Å²) in [7, 11) is 1.58. The number of amides is 1. The van der Waals surface area contributed by atoms with E-state index in [1.165, 1.54) is 23.1 Å². The van der Waals surface area contributed by atoms with Gasteiger partial charge in [0.25, 0.3) is 0 Å². The predicted molar refractivity (Wildman–Crippen MR) is 61.3 cm³/mol. The van der Waals surface area contributed by atoms with Crippen LogP contribution in [0.5, 0.6) is 0 Å². The van der Waals surface area contributed by atoms with E-state index in [1.54, 1.807) is 7.05 Å². The van der Waals surface area contributed by atoms with Crippen molar-refractivity contribution in [2.24, 2.45) is 5.73 Å². The van der Waals surface area contributed by atoms with Crippen molar-refractivity contribution < 1.29 is 9.18 Å². The molecule has 1 rings (SSSR count). The van der Waals surface area contributed by atoms with Gasteiger partial charge >= 0.3 is 0 Å². The summed E-state index contributed by atoms with van der Waals surface area (Å²) in [5, 5.41) is 8.71. The number of nitrogens with zero attached hydrogens (tertiary/aromatic N) is 2. The smallest absolute Gasteiger partial charge is 0.223 e. The minimum atomic E-state index is -0.420. The highest BCUT2D eigenvalue weighted by Gasteiger charge is 2.11. The normalized spacial score (nSPS) is 9.76. The molecule has 90 valence electrons. The highest BCUT2D eigenvalue weighted by atomic mass is 19.1. The molecule has 0 saturated carbocycles. The average Bonchev–Trinajstić information content (AvgIpc) is 2.32. The van der Waals surface area contributed by atoms with Crippen LogP contribution in [0.1, 0.15) is 17.5 Å². The molecule has 0 saturated heterocycles.